The predicted octanol–water partition coefficient (Wildman–Crippen LogP) is 0.737. The van der Waals surface area contributed by atoms with Gasteiger partial charge >= 0.3 is 0 Å². The average molecular weight is 328 g/mol. The van der Waals surface area contributed by atoms with Gasteiger partial charge in [-0.15, -0.1) is 0 Å². The van der Waals surface area contributed by atoms with Gasteiger partial charge in [-0.2, -0.15) is 5.10 Å². The minimum absolute atomic E-state index is 0.0355. The fourth-order valence-corrected chi connectivity index (χ4v) is 2.72. The lowest BCUT2D eigenvalue weighted by Gasteiger charge is -2.13. The number of benzene rings is 1. The Morgan fingerprint density at radius 2 is 2.17 bits per heavy atom. The van der Waals surface area contributed by atoms with Gasteiger partial charge in [-0.1, -0.05) is 0 Å². The molecule has 1 aliphatic heterocycles. The van der Waals surface area contributed by atoms with Crippen molar-refractivity contribution in [1.82, 2.24) is 20.1 Å². The number of nitrogens with two attached hydrogens (primary N) is 1. The van der Waals surface area contributed by atoms with Crippen LogP contribution in [0.15, 0.2) is 24.3 Å². The van der Waals surface area contributed by atoms with E-state index >= 15 is 0 Å². The van der Waals surface area contributed by atoms with Crippen LogP contribution in [0.4, 0.5) is 5.69 Å². The quantitative estimate of drug-likeness (QED) is 0.748. The molecule has 4 N–H and O–H groups in total. The lowest BCUT2D eigenvalue weighted by molar-refractivity contribution is -0.128. The van der Waals surface area contributed by atoms with E-state index < -0.39 is 0 Å². The van der Waals surface area contributed by atoms with E-state index in [4.69, 9.17) is 5.73 Å². The van der Waals surface area contributed by atoms with Gasteiger partial charge in [-0.25, -0.2) is 4.98 Å². The molecule has 0 radical (unpaired) electrons. The second kappa shape index (κ2) is 6.79. The van der Waals surface area contributed by atoms with Crippen LogP contribution in [0, 0.1) is 5.92 Å². The van der Waals surface area contributed by atoms with Crippen LogP contribution >= 0.6 is 0 Å². The highest BCUT2D eigenvalue weighted by atomic mass is 16.2. The van der Waals surface area contributed by atoms with Gasteiger partial charge in [-0.05, 0) is 31.2 Å². The Morgan fingerprint density at radius 1 is 1.42 bits per heavy atom. The maximum Gasteiger partial charge on any atom is 0.229 e. The third-order valence-electron chi connectivity index (χ3n) is 4.10. The van der Waals surface area contributed by atoms with E-state index in [2.05, 4.69) is 20.5 Å². The van der Waals surface area contributed by atoms with Crippen LogP contribution in [0.2, 0.25) is 0 Å². The summed E-state index contributed by atoms with van der Waals surface area (Å²) in [6, 6.07) is 7.24. The minimum atomic E-state index is -0.294. The topological polar surface area (TPSA) is 117 Å². The summed E-state index contributed by atoms with van der Waals surface area (Å²) in [5.41, 5.74) is 7.01. The van der Waals surface area contributed by atoms with E-state index in [1.165, 1.54) is 0 Å². The van der Waals surface area contributed by atoms with Crippen molar-refractivity contribution in [3.8, 4) is 11.4 Å². The number of carbonyl (C=O) groups excluding carboxylic acids is 2. The van der Waals surface area contributed by atoms with E-state index in [0.29, 0.717) is 37.0 Å². The molecule has 2 amide bonds. The Balaban J connectivity index is 1.64. The van der Waals surface area contributed by atoms with E-state index in [0.717, 1.165) is 5.56 Å². The average Bonchev–Trinajstić information content (AvgIpc) is 3.22. The van der Waals surface area contributed by atoms with Crippen LogP contribution in [0.25, 0.3) is 11.4 Å². The second-order valence-corrected chi connectivity index (χ2v) is 5.71. The largest absolute Gasteiger partial charge is 0.342 e. The van der Waals surface area contributed by atoms with E-state index in [9.17, 15) is 9.59 Å². The van der Waals surface area contributed by atoms with Crippen molar-refractivity contribution in [2.75, 3.05) is 18.4 Å². The number of H-pyrrole nitrogens is 1. The molecule has 2 heterocycles. The number of nitrogens with one attached hydrogen (secondary N) is 2. The Morgan fingerprint density at radius 3 is 2.75 bits per heavy atom. The van der Waals surface area contributed by atoms with Gasteiger partial charge in [0, 0.05) is 30.8 Å². The van der Waals surface area contributed by atoms with Crippen LogP contribution in [0.5, 0.6) is 0 Å². The van der Waals surface area contributed by atoms with Gasteiger partial charge in [0.1, 0.15) is 5.82 Å². The summed E-state index contributed by atoms with van der Waals surface area (Å²) in [5.74, 6) is 0.794. The van der Waals surface area contributed by atoms with Gasteiger partial charge in [-0.3, -0.25) is 14.7 Å². The highest BCUT2D eigenvalue weighted by Gasteiger charge is 2.33. The zero-order valence-electron chi connectivity index (χ0n) is 13.5. The number of carbonyl (C=O) groups is 2. The van der Waals surface area contributed by atoms with Crippen LogP contribution in [0.1, 0.15) is 19.2 Å². The minimum Gasteiger partial charge on any atom is -0.342 e. The van der Waals surface area contributed by atoms with Crippen LogP contribution < -0.4 is 11.1 Å². The van der Waals surface area contributed by atoms with Crippen molar-refractivity contribution >= 4 is 17.5 Å². The van der Waals surface area contributed by atoms with Crippen LogP contribution in [-0.4, -0.2) is 45.0 Å². The zero-order valence-corrected chi connectivity index (χ0v) is 13.5. The van der Waals surface area contributed by atoms with Gasteiger partial charge in [0.05, 0.1) is 12.5 Å². The molecule has 3 rings (SSSR count). The first-order valence-corrected chi connectivity index (χ1v) is 7.91. The molecule has 8 heteroatoms. The molecule has 0 bridgehead atoms. The number of amides is 2. The predicted molar refractivity (Wildman–Crippen MR) is 88.7 cm³/mol. The molecule has 8 nitrogen and oxygen atoms in total. The molecule has 1 unspecified atom stereocenters. The molecule has 24 heavy (non-hydrogen) atoms. The maximum atomic E-state index is 12.3. The number of likely N-dealkylation sites (tertiary alicyclic amines) is 1. The number of aromatic nitrogens is 3. The molecule has 126 valence electrons. The Labute approximate surface area is 139 Å². The van der Waals surface area contributed by atoms with Crippen molar-refractivity contribution in [2.24, 2.45) is 11.7 Å². The summed E-state index contributed by atoms with van der Waals surface area (Å²) in [6.07, 6.45) is 0.275. The smallest absolute Gasteiger partial charge is 0.229 e. The number of hydrogen-bond acceptors (Lipinski definition) is 5. The summed E-state index contributed by atoms with van der Waals surface area (Å²) in [5, 5.41) is 9.71. The number of rotatable bonds is 5. The molecule has 1 aromatic carbocycles. The number of aromatic amines is 1. The summed E-state index contributed by atoms with van der Waals surface area (Å²) in [6.45, 7) is 3.34. The monoisotopic (exact) mass is 328 g/mol. The molecule has 1 atom stereocenters. The summed E-state index contributed by atoms with van der Waals surface area (Å²) >= 11 is 0. The molecular formula is C16H20N6O2. The Kier molecular flexibility index (Phi) is 4.57. The molecule has 0 spiro atoms. The Hall–Kier alpha value is -2.74. The summed E-state index contributed by atoms with van der Waals surface area (Å²) in [7, 11) is 0. The molecule has 1 aromatic heterocycles. The fraction of sp³-hybridized carbons (Fsp3) is 0.375. The normalized spacial score (nSPS) is 17.3. The van der Waals surface area contributed by atoms with Gasteiger partial charge in [0.2, 0.25) is 11.8 Å². The van der Waals surface area contributed by atoms with Gasteiger partial charge in [0.25, 0.3) is 0 Å². The highest BCUT2D eigenvalue weighted by Crippen LogP contribution is 2.21. The van der Waals surface area contributed by atoms with Crippen molar-refractivity contribution in [2.45, 2.75) is 19.9 Å². The van der Waals surface area contributed by atoms with Gasteiger partial charge < -0.3 is 16.0 Å². The van der Waals surface area contributed by atoms with Crippen molar-refractivity contribution < 1.29 is 9.59 Å². The standard InChI is InChI=1S/C16H20N6O2/c1-2-22-9-11(7-14(22)23)16(24)18-12-5-3-10(4-6-12)15-19-13(8-17)20-21-15/h3-6,11H,2,7-9,17H2,1H3,(H,18,24)(H,19,20,21). The first-order valence-electron chi connectivity index (χ1n) is 7.91. The fourth-order valence-electron chi connectivity index (χ4n) is 2.72. The number of nitrogens with zero attached hydrogens (tertiary/aromatic N) is 3. The molecule has 1 fully saturated rings. The molecule has 0 saturated carbocycles. The molecule has 2 aromatic rings. The van der Waals surface area contributed by atoms with Crippen molar-refractivity contribution in [1.29, 1.82) is 0 Å². The maximum absolute atomic E-state index is 12.3. The molecular weight excluding hydrogens is 308 g/mol. The molecule has 0 aliphatic carbocycles. The first-order chi connectivity index (χ1) is 11.6. The summed E-state index contributed by atoms with van der Waals surface area (Å²) < 4.78 is 0. The second-order valence-electron chi connectivity index (χ2n) is 5.71. The van der Waals surface area contributed by atoms with Crippen molar-refractivity contribution in [3.05, 3.63) is 30.1 Å². The lowest BCUT2D eigenvalue weighted by Crippen LogP contribution is -2.28. The number of anilines is 1. The highest BCUT2D eigenvalue weighted by molar-refractivity contribution is 5.97. The van der Waals surface area contributed by atoms with E-state index in [-0.39, 0.29) is 24.2 Å². The number of hydrogen-bond donors (Lipinski definition) is 3. The van der Waals surface area contributed by atoms with Crippen molar-refractivity contribution in [3.63, 3.8) is 0 Å². The third kappa shape index (κ3) is 3.28. The van der Waals surface area contributed by atoms with Crippen LogP contribution in [0.3, 0.4) is 0 Å². The third-order valence-corrected chi connectivity index (χ3v) is 4.10. The summed E-state index contributed by atoms with van der Waals surface area (Å²) in [4.78, 5) is 30.0. The van der Waals surface area contributed by atoms with Gasteiger partial charge in [0.15, 0.2) is 5.82 Å². The van der Waals surface area contributed by atoms with E-state index in [1.807, 2.05) is 19.1 Å². The SMILES string of the molecule is CCN1CC(C(=O)Nc2ccc(-c3n[nH]c(CN)n3)cc2)CC1=O. The van der Waals surface area contributed by atoms with Crippen LogP contribution in [-0.2, 0) is 16.1 Å². The zero-order chi connectivity index (χ0) is 17.1. The Bertz CT molecular complexity index is 739. The molecule has 1 aliphatic rings. The lowest BCUT2D eigenvalue weighted by atomic mass is 10.1. The first kappa shape index (κ1) is 16.1. The molecule has 1 saturated heterocycles. The van der Waals surface area contributed by atoms with E-state index in [1.54, 1.807) is 17.0 Å².